The maximum Gasteiger partial charge on any atom is 0.261 e. The number of carbonyl (C=O) groups is 2. The molecule has 190 valence electrons. The Balaban J connectivity index is 1.62. The molecule has 37 heavy (non-hydrogen) atoms. The average Bonchev–Trinajstić information content (AvgIpc) is 2.92. The normalized spacial score (nSPS) is 11.6. The SMILES string of the molecule is CCNC(=O)[C@H](Cc1ccccc1)N(Cc1ccc(Br)cc1)C(=O)COc1ccc2ccccc2c1Br. The van der Waals surface area contributed by atoms with Crippen molar-refractivity contribution in [2.75, 3.05) is 13.2 Å². The van der Waals surface area contributed by atoms with Crippen LogP contribution in [0.25, 0.3) is 10.8 Å². The van der Waals surface area contributed by atoms with Crippen molar-refractivity contribution in [3.63, 3.8) is 0 Å². The number of halogens is 2. The predicted molar refractivity (Wildman–Crippen MR) is 154 cm³/mol. The summed E-state index contributed by atoms with van der Waals surface area (Å²) in [6.45, 7) is 2.44. The fraction of sp³-hybridized carbons (Fsp3) is 0.200. The van der Waals surface area contributed by atoms with Gasteiger partial charge in [0.25, 0.3) is 5.91 Å². The van der Waals surface area contributed by atoms with E-state index in [1.54, 1.807) is 4.90 Å². The summed E-state index contributed by atoms with van der Waals surface area (Å²) in [7, 11) is 0. The largest absolute Gasteiger partial charge is 0.483 e. The van der Waals surface area contributed by atoms with E-state index in [1.165, 1.54) is 0 Å². The van der Waals surface area contributed by atoms with Crippen molar-refractivity contribution in [3.8, 4) is 5.75 Å². The van der Waals surface area contributed by atoms with Gasteiger partial charge < -0.3 is 15.0 Å². The van der Waals surface area contributed by atoms with E-state index in [1.807, 2.05) is 97.9 Å². The molecule has 2 amide bonds. The highest BCUT2D eigenvalue weighted by Gasteiger charge is 2.30. The molecule has 0 fully saturated rings. The monoisotopic (exact) mass is 622 g/mol. The molecule has 4 aromatic rings. The highest BCUT2D eigenvalue weighted by atomic mass is 79.9. The van der Waals surface area contributed by atoms with Crippen molar-refractivity contribution in [2.24, 2.45) is 0 Å². The number of amides is 2. The molecule has 4 rings (SSSR count). The Morgan fingerprint density at radius 1 is 0.865 bits per heavy atom. The summed E-state index contributed by atoms with van der Waals surface area (Å²) in [5, 5.41) is 4.99. The van der Waals surface area contributed by atoms with Crippen molar-refractivity contribution in [1.82, 2.24) is 10.2 Å². The average molecular weight is 624 g/mol. The van der Waals surface area contributed by atoms with Crippen molar-refractivity contribution in [3.05, 3.63) is 111 Å². The molecule has 0 aliphatic carbocycles. The van der Waals surface area contributed by atoms with E-state index >= 15 is 0 Å². The summed E-state index contributed by atoms with van der Waals surface area (Å²) in [5.74, 6) is 0.118. The Bertz CT molecular complexity index is 1360. The third-order valence-electron chi connectivity index (χ3n) is 6.07. The molecule has 4 aromatic carbocycles. The zero-order valence-corrected chi connectivity index (χ0v) is 23.7. The molecule has 0 radical (unpaired) electrons. The number of rotatable bonds is 10. The van der Waals surface area contributed by atoms with Crippen LogP contribution in [0.4, 0.5) is 0 Å². The highest BCUT2D eigenvalue weighted by Crippen LogP contribution is 2.33. The fourth-order valence-electron chi connectivity index (χ4n) is 4.18. The van der Waals surface area contributed by atoms with E-state index in [-0.39, 0.29) is 25.0 Å². The second-order valence-electron chi connectivity index (χ2n) is 8.64. The Kier molecular flexibility index (Phi) is 9.36. The molecule has 0 spiro atoms. The van der Waals surface area contributed by atoms with E-state index in [0.717, 1.165) is 30.8 Å². The van der Waals surface area contributed by atoms with Crippen LogP contribution in [0.2, 0.25) is 0 Å². The molecule has 7 heteroatoms. The van der Waals surface area contributed by atoms with E-state index in [4.69, 9.17) is 4.74 Å². The standard InChI is InChI=1S/C30H28Br2N2O3/c1-2-33-30(36)26(18-21-8-4-3-5-9-21)34(19-22-12-15-24(31)16-13-22)28(35)20-37-27-17-14-23-10-6-7-11-25(23)29(27)32/h3-17,26H,2,18-20H2,1H3,(H,33,36)/t26-/m0/s1. The van der Waals surface area contributed by atoms with Gasteiger partial charge in [-0.05, 0) is 63.0 Å². The van der Waals surface area contributed by atoms with Gasteiger partial charge in [0.1, 0.15) is 11.8 Å². The maximum absolute atomic E-state index is 13.7. The molecule has 1 N–H and O–H groups in total. The summed E-state index contributed by atoms with van der Waals surface area (Å²) in [4.78, 5) is 28.6. The lowest BCUT2D eigenvalue weighted by Crippen LogP contribution is -2.51. The van der Waals surface area contributed by atoms with Gasteiger partial charge in [0.15, 0.2) is 6.61 Å². The summed E-state index contributed by atoms with van der Waals surface area (Å²) in [5.41, 5.74) is 1.90. The third-order valence-corrected chi connectivity index (χ3v) is 7.41. The lowest BCUT2D eigenvalue weighted by Gasteiger charge is -2.31. The Morgan fingerprint density at radius 2 is 1.57 bits per heavy atom. The summed E-state index contributed by atoms with van der Waals surface area (Å²) in [6, 6.07) is 28.6. The van der Waals surface area contributed by atoms with Crippen molar-refractivity contribution in [1.29, 1.82) is 0 Å². The number of nitrogens with one attached hydrogen (secondary N) is 1. The molecular formula is C30H28Br2N2O3. The first-order valence-corrected chi connectivity index (χ1v) is 13.7. The van der Waals surface area contributed by atoms with E-state index < -0.39 is 6.04 Å². The Hall–Kier alpha value is -3.16. The topological polar surface area (TPSA) is 58.6 Å². The molecule has 0 aliphatic rings. The van der Waals surface area contributed by atoms with Crippen LogP contribution < -0.4 is 10.1 Å². The highest BCUT2D eigenvalue weighted by molar-refractivity contribution is 9.11. The molecule has 0 saturated heterocycles. The molecule has 0 unspecified atom stereocenters. The summed E-state index contributed by atoms with van der Waals surface area (Å²) >= 11 is 7.09. The van der Waals surface area contributed by atoms with Crippen molar-refractivity contribution >= 4 is 54.4 Å². The summed E-state index contributed by atoms with van der Waals surface area (Å²) in [6.07, 6.45) is 0.397. The minimum absolute atomic E-state index is 0.191. The molecule has 5 nitrogen and oxygen atoms in total. The van der Waals surface area contributed by atoms with Crippen LogP contribution in [-0.2, 0) is 22.6 Å². The number of fused-ring (bicyclic) bond motifs is 1. The lowest BCUT2D eigenvalue weighted by atomic mass is 10.0. The zero-order chi connectivity index (χ0) is 26.2. The van der Waals surface area contributed by atoms with Gasteiger partial charge >= 0.3 is 0 Å². The van der Waals surface area contributed by atoms with Crippen LogP contribution in [-0.4, -0.2) is 35.9 Å². The second-order valence-corrected chi connectivity index (χ2v) is 10.3. The molecule has 1 atom stereocenters. The number of likely N-dealkylation sites (N-methyl/N-ethyl adjacent to an activating group) is 1. The Morgan fingerprint density at radius 3 is 2.30 bits per heavy atom. The second kappa shape index (κ2) is 12.9. The van der Waals surface area contributed by atoms with Crippen LogP contribution in [0.5, 0.6) is 5.75 Å². The van der Waals surface area contributed by atoms with Crippen molar-refractivity contribution < 1.29 is 14.3 Å². The minimum atomic E-state index is -0.692. The van der Waals surface area contributed by atoms with E-state index in [0.29, 0.717) is 18.7 Å². The molecule has 0 aromatic heterocycles. The third kappa shape index (κ3) is 6.99. The van der Waals surface area contributed by atoms with Gasteiger partial charge in [0.2, 0.25) is 5.91 Å². The van der Waals surface area contributed by atoms with Gasteiger partial charge in [-0.2, -0.15) is 0 Å². The number of hydrogen-bond acceptors (Lipinski definition) is 3. The summed E-state index contributed by atoms with van der Waals surface area (Å²) < 4.78 is 7.75. The van der Waals surface area contributed by atoms with Crippen LogP contribution in [0.3, 0.4) is 0 Å². The van der Waals surface area contributed by atoms with Gasteiger partial charge in [0, 0.05) is 24.0 Å². The first-order valence-electron chi connectivity index (χ1n) is 12.1. The zero-order valence-electron chi connectivity index (χ0n) is 20.5. The molecule has 0 saturated carbocycles. The van der Waals surface area contributed by atoms with Gasteiger partial charge in [0.05, 0.1) is 4.47 Å². The Labute approximate surface area is 234 Å². The number of hydrogen-bond donors (Lipinski definition) is 1. The first kappa shape index (κ1) is 26.9. The number of ether oxygens (including phenoxy) is 1. The lowest BCUT2D eigenvalue weighted by molar-refractivity contribution is -0.142. The minimum Gasteiger partial charge on any atom is -0.483 e. The van der Waals surface area contributed by atoms with E-state index in [9.17, 15) is 9.59 Å². The van der Waals surface area contributed by atoms with Gasteiger partial charge in [-0.15, -0.1) is 0 Å². The van der Waals surface area contributed by atoms with Gasteiger partial charge in [-0.1, -0.05) is 88.7 Å². The van der Waals surface area contributed by atoms with Crippen LogP contribution in [0.15, 0.2) is 99.9 Å². The quantitative estimate of drug-likeness (QED) is 0.219. The first-order chi connectivity index (χ1) is 18.0. The predicted octanol–water partition coefficient (Wildman–Crippen LogP) is 6.52. The van der Waals surface area contributed by atoms with Crippen LogP contribution in [0, 0.1) is 0 Å². The van der Waals surface area contributed by atoms with Crippen LogP contribution >= 0.6 is 31.9 Å². The smallest absolute Gasteiger partial charge is 0.261 e. The number of carbonyl (C=O) groups excluding carboxylic acids is 2. The van der Waals surface area contributed by atoms with Crippen molar-refractivity contribution in [2.45, 2.75) is 25.9 Å². The van der Waals surface area contributed by atoms with Gasteiger partial charge in [-0.3, -0.25) is 9.59 Å². The maximum atomic E-state index is 13.7. The number of benzene rings is 4. The molecular weight excluding hydrogens is 596 g/mol. The fourth-order valence-corrected chi connectivity index (χ4v) is 5.05. The number of nitrogens with zero attached hydrogens (tertiary/aromatic N) is 1. The van der Waals surface area contributed by atoms with E-state index in [2.05, 4.69) is 37.2 Å². The molecule has 0 bridgehead atoms. The molecule has 0 heterocycles. The van der Waals surface area contributed by atoms with Crippen LogP contribution in [0.1, 0.15) is 18.1 Å². The van der Waals surface area contributed by atoms with Gasteiger partial charge in [-0.25, -0.2) is 0 Å². The molecule has 0 aliphatic heterocycles.